The molecule has 0 spiro atoms. The van der Waals surface area contributed by atoms with Gasteiger partial charge in [0.15, 0.2) is 0 Å². The van der Waals surface area contributed by atoms with Gasteiger partial charge in [0, 0.05) is 11.8 Å². The number of pyridine rings is 1. The molecule has 6 heteroatoms. The first-order valence-corrected chi connectivity index (χ1v) is 10.5. The van der Waals surface area contributed by atoms with E-state index in [1.807, 2.05) is 67.6 Å². The van der Waals surface area contributed by atoms with Crippen molar-refractivity contribution < 1.29 is 9.53 Å². The Morgan fingerprint density at radius 1 is 1.00 bits per heavy atom. The van der Waals surface area contributed by atoms with E-state index < -0.39 is 0 Å². The minimum absolute atomic E-state index is 0.146. The number of carbonyl (C=O) groups is 1. The van der Waals surface area contributed by atoms with E-state index in [4.69, 9.17) is 4.74 Å². The van der Waals surface area contributed by atoms with E-state index in [1.54, 1.807) is 6.20 Å². The van der Waals surface area contributed by atoms with Gasteiger partial charge in [0.25, 0.3) is 5.91 Å². The van der Waals surface area contributed by atoms with Crippen molar-refractivity contribution in [2.45, 2.75) is 6.92 Å². The lowest BCUT2D eigenvalue weighted by atomic mass is 10.1. The Kier molecular flexibility index (Phi) is 6.15. The van der Waals surface area contributed by atoms with Gasteiger partial charge < -0.3 is 10.1 Å². The molecule has 2 heterocycles. The SMILES string of the molecule is Cc1nc(-c2ccccn2)sc1C(=O)NCCOc1ccccc1-c1ccccc1. The Labute approximate surface area is 179 Å². The quantitative estimate of drug-likeness (QED) is 0.432. The molecule has 150 valence electrons. The van der Waals surface area contributed by atoms with Crippen LogP contribution in [0, 0.1) is 6.92 Å². The average Bonchev–Trinajstić information content (AvgIpc) is 3.20. The first-order chi connectivity index (χ1) is 14.7. The molecule has 0 fully saturated rings. The standard InChI is InChI=1S/C24H21N3O2S/c1-17-22(30-24(27-17)20-12-7-8-14-25-20)23(28)26-15-16-29-21-13-6-5-11-19(21)18-9-3-2-4-10-18/h2-14H,15-16H2,1H3,(H,26,28). The fourth-order valence-corrected chi connectivity index (χ4v) is 4.02. The van der Waals surface area contributed by atoms with Crippen LogP contribution in [-0.4, -0.2) is 29.0 Å². The first kappa shape index (κ1) is 19.8. The minimum atomic E-state index is -0.146. The van der Waals surface area contributed by atoms with Crippen molar-refractivity contribution >= 4 is 17.2 Å². The van der Waals surface area contributed by atoms with Crippen molar-refractivity contribution in [1.29, 1.82) is 0 Å². The number of benzene rings is 2. The predicted octanol–water partition coefficient (Wildman–Crippen LogP) is 4.99. The molecule has 0 atom stereocenters. The van der Waals surface area contributed by atoms with Gasteiger partial charge in [0.2, 0.25) is 0 Å². The number of nitrogens with zero attached hydrogens (tertiary/aromatic N) is 2. The summed E-state index contributed by atoms with van der Waals surface area (Å²) in [4.78, 5) is 22.0. The van der Waals surface area contributed by atoms with Crippen LogP contribution in [0.15, 0.2) is 79.0 Å². The smallest absolute Gasteiger partial charge is 0.263 e. The van der Waals surface area contributed by atoms with Gasteiger partial charge in [-0.05, 0) is 30.7 Å². The summed E-state index contributed by atoms with van der Waals surface area (Å²) >= 11 is 1.35. The van der Waals surface area contributed by atoms with Crippen molar-refractivity contribution in [3.8, 4) is 27.6 Å². The highest BCUT2D eigenvalue weighted by Crippen LogP contribution is 2.29. The summed E-state index contributed by atoms with van der Waals surface area (Å²) in [6.07, 6.45) is 1.72. The molecule has 0 saturated heterocycles. The summed E-state index contributed by atoms with van der Waals surface area (Å²) in [5.41, 5.74) is 3.60. The number of nitrogens with one attached hydrogen (secondary N) is 1. The van der Waals surface area contributed by atoms with Gasteiger partial charge in [-0.2, -0.15) is 0 Å². The van der Waals surface area contributed by atoms with Crippen molar-refractivity contribution in [1.82, 2.24) is 15.3 Å². The van der Waals surface area contributed by atoms with E-state index in [9.17, 15) is 4.79 Å². The molecule has 0 aliphatic heterocycles. The van der Waals surface area contributed by atoms with Gasteiger partial charge in [0.05, 0.1) is 17.9 Å². The zero-order chi connectivity index (χ0) is 20.8. The van der Waals surface area contributed by atoms with Crippen LogP contribution in [0.4, 0.5) is 0 Å². The lowest BCUT2D eigenvalue weighted by molar-refractivity contribution is 0.0950. The highest BCUT2D eigenvalue weighted by Gasteiger charge is 2.16. The molecule has 4 rings (SSSR count). The number of carbonyl (C=O) groups excluding carboxylic acids is 1. The van der Waals surface area contributed by atoms with E-state index >= 15 is 0 Å². The third kappa shape index (κ3) is 4.55. The van der Waals surface area contributed by atoms with Crippen LogP contribution in [-0.2, 0) is 0 Å². The number of ether oxygens (including phenoxy) is 1. The maximum absolute atomic E-state index is 12.6. The molecule has 0 aliphatic rings. The van der Waals surface area contributed by atoms with Gasteiger partial charge in [-0.25, -0.2) is 4.98 Å². The van der Waals surface area contributed by atoms with E-state index in [2.05, 4.69) is 27.4 Å². The zero-order valence-corrected chi connectivity index (χ0v) is 17.4. The fourth-order valence-electron chi connectivity index (χ4n) is 3.06. The molecule has 0 bridgehead atoms. The molecule has 0 aliphatic carbocycles. The summed E-state index contributed by atoms with van der Waals surface area (Å²) in [5.74, 6) is 0.650. The number of hydrogen-bond donors (Lipinski definition) is 1. The topological polar surface area (TPSA) is 64.1 Å². The summed E-state index contributed by atoms with van der Waals surface area (Å²) in [6.45, 7) is 2.61. The van der Waals surface area contributed by atoms with Crippen LogP contribution in [0.25, 0.3) is 21.8 Å². The number of thiazole rings is 1. The minimum Gasteiger partial charge on any atom is -0.491 e. The maximum Gasteiger partial charge on any atom is 0.263 e. The van der Waals surface area contributed by atoms with Crippen LogP contribution in [0.2, 0.25) is 0 Å². The van der Waals surface area contributed by atoms with E-state index in [-0.39, 0.29) is 5.91 Å². The molecule has 2 aromatic carbocycles. The molecule has 0 unspecified atom stereocenters. The van der Waals surface area contributed by atoms with E-state index in [0.29, 0.717) is 23.7 Å². The largest absolute Gasteiger partial charge is 0.491 e. The average molecular weight is 416 g/mol. The molecule has 4 aromatic rings. The summed E-state index contributed by atoms with van der Waals surface area (Å²) < 4.78 is 5.95. The first-order valence-electron chi connectivity index (χ1n) is 9.66. The molecule has 1 N–H and O–H groups in total. The predicted molar refractivity (Wildman–Crippen MR) is 120 cm³/mol. The van der Waals surface area contributed by atoms with Crippen LogP contribution < -0.4 is 10.1 Å². The molecule has 30 heavy (non-hydrogen) atoms. The van der Waals surface area contributed by atoms with Crippen molar-refractivity contribution in [2.24, 2.45) is 0 Å². The lowest BCUT2D eigenvalue weighted by Crippen LogP contribution is -2.28. The van der Waals surface area contributed by atoms with Crippen molar-refractivity contribution in [3.05, 3.63) is 89.6 Å². The van der Waals surface area contributed by atoms with Gasteiger partial charge in [-0.3, -0.25) is 9.78 Å². The fraction of sp³-hybridized carbons (Fsp3) is 0.125. The molecule has 5 nitrogen and oxygen atoms in total. The molecule has 0 radical (unpaired) electrons. The Morgan fingerprint density at radius 3 is 2.57 bits per heavy atom. The third-order valence-electron chi connectivity index (χ3n) is 4.50. The summed E-state index contributed by atoms with van der Waals surface area (Å²) in [5, 5.41) is 3.66. The Bertz CT molecular complexity index is 1130. The Balaban J connectivity index is 1.36. The summed E-state index contributed by atoms with van der Waals surface area (Å²) in [6, 6.07) is 23.7. The van der Waals surface area contributed by atoms with Gasteiger partial charge in [-0.15, -0.1) is 11.3 Å². The van der Waals surface area contributed by atoms with Crippen LogP contribution in [0.3, 0.4) is 0 Å². The molecule has 0 saturated carbocycles. The van der Waals surface area contributed by atoms with Crippen LogP contribution >= 0.6 is 11.3 Å². The number of amides is 1. The maximum atomic E-state index is 12.6. The normalized spacial score (nSPS) is 10.6. The number of aromatic nitrogens is 2. The second-order valence-corrected chi connectivity index (χ2v) is 7.61. The Hall–Kier alpha value is -3.51. The monoisotopic (exact) mass is 415 g/mol. The van der Waals surface area contributed by atoms with E-state index in [1.165, 1.54) is 11.3 Å². The number of para-hydroxylation sites is 1. The molecular weight excluding hydrogens is 394 g/mol. The number of rotatable bonds is 7. The Morgan fingerprint density at radius 2 is 1.77 bits per heavy atom. The molecular formula is C24H21N3O2S. The zero-order valence-electron chi connectivity index (χ0n) is 16.5. The number of hydrogen-bond acceptors (Lipinski definition) is 5. The van der Waals surface area contributed by atoms with Crippen molar-refractivity contribution in [3.63, 3.8) is 0 Å². The number of aryl methyl sites for hydroxylation is 1. The highest BCUT2D eigenvalue weighted by molar-refractivity contribution is 7.17. The highest BCUT2D eigenvalue weighted by atomic mass is 32.1. The van der Waals surface area contributed by atoms with Crippen LogP contribution in [0.5, 0.6) is 5.75 Å². The van der Waals surface area contributed by atoms with Gasteiger partial charge in [-0.1, -0.05) is 54.6 Å². The van der Waals surface area contributed by atoms with Gasteiger partial charge in [0.1, 0.15) is 22.2 Å². The lowest BCUT2D eigenvalue weighted by Gasteiger charge is -2.12. The summed E-state index contributed by atoms with van der Waals surface area (Å²) in [7, 11) is 0. The molecule has 2 aromatic heterocycles. The van der Waals surface area contributed by atoms with Crippen LogP contribution in [0.1, 0.15) is 15.4 Å². The third-order valence-corrected chi connectivity index (χ3v) is 5.68. The van der Waals surface area contributed by atoms with Gasteiger partial charge >= 0.3 is 0 Å². The van der Waals surface area contributed by atoms with Crippen molar-refractivity contribution in [2.75, 3.05) is 13.2 Å². The molecule has 1 amide bonds. The second-order valence-electron chi connectivity index (χ2n) is 6.62. The van der Waals surface area contributed by atoms with E-state index in [0.717, 1.165) is 27.6 Å². The second kappa shape index (κ2) is 9.33.